The van der Waals surface area contributed by atoms with Crippen LogP contribution in [0.1, 0.15) is 13.3 Å². The van der Waals surface area contributed by atoms with Gasteiger partial charge in [0.2, 0.25) is 0 Å². The van der Waals surface area contributed by atoms with Crippen molar-refractivity contribution in [3.63, 3.8) is 0 Å². The molecule has 1 heterocycles. The first-order valence-electron chi connectivity index (χ1n) is 5.87. The highest BCUT2D eigenvalue weighted by atomic mass is 79.9. The number of pyridine rings is 1. The minimum absolute atomic E-state index is 0.177. The molecule has 0 aromatic carbocycles. The minimum Gasteiger partial charge on any atom is -0.343 e. The molecule has 0 saturated carbocycles. The predicted octanol–water partition coefficient (Wildman–Crippen LogP) is 2.07. The van der Waals surface area contributed by atoms with Crippen molar-refractivity contribution >= 4 is 21.6 Å². The number of nitrogens with zero attached hydrogens (tertiary/aromatic N) is 2. The van der Waals surface area contributed by atoms with Crippen LogP contribution in [-0.4, -0.2) is 22.6 Å². The first-order chi connectivity index (χ1) is 8.95. The number of rotatable bonds is 7. The molecule has 0 saturated heterocycles. The number of hydrogen-bond donors (Lipinski definition) is 1. The van der Waals surface area contributed by atoms with Crippen molar-refractivity contribution in [3.8, 4) is 0 Å². The van der Waals surface area contributed by atoms with Gasteiger partial charge in [-0.05, 0) is 34.5 Å². The lowest BCUT2D eigenvalue weighted by molar-refractivity contribution is -0.386. The Bertz CT molecular complexity index is 540. The zero-order valence-corrected chi connectivity index (χ0v) is 12.3. The molecule has 0 fully saturated rings. The SMILES string of the molecule is C=C(CNCCC)Cn1cc(Br)c(=O)c([N+](=O)[O-])c1. The van der Waals surface area contributed by atoms with Crippen molar-refractivity contribution < 1.29 is 4.92 Å². The standard InChI is InChI=1S/C12H16BrN3O3/c1-3-4-14-5-9(2)6-15-7-10(13)12(17)11(8-15)16(18)19/h7-8,14H,2-6H2,1H3. The largest absolute Gasteiger partial charge is 0.343 e. The lowest BCUT2D eigenvalue weighted by Gasteiger charge is -2.10. The zero-order chi connectivity index (χ0) is 14.4. The van der Waals surface area contributed by atoms with E-state index in [1.54, 1.807) is 4.57 Å². The average Bonchev–Trinajstić information content (AvgIpc) is 2.33. The van der Waals surface area contributed by atoms with Gasteiger partial charge in [-0.3, -0.25) is 14.9 Å². The van der Waals surface area contributed by atoms with Crippen LogP contribution in [0.15, 0.2) is 33.8 Å². The molecule has 7 heteroatoms. The summed E-state index contributed by atoms with van der Waals surface area (Å²) in [4.78, 5) is 21.6. The molecule has 0 spiro atoms. The van der Waals surface area contributed by atoms with Gasteiger partial charge in [0.25, 0.3) is 5.43 Å². The highest BCUT2D eigenvalue weighted by molar-refractivity contribution is 9.10. The molecule has 0 unspecified atom stereocenters. The van der Waals surface area contributed by atoms with Crippen molar-refractivity contribution in [3.05, 3.63) is 49.4 Å². The second-order valence-corrected chi connectivity index (χ2v) is 5.03. The monoisotopic (exact) mass is 329 g/mol. The first kappa shape index (κ1) is 15.6. The number of hydrogen-bond acceptors (Lipinski definition) is 4. The van der Waals surface area contributed by atoms with E-state index in [1.165, 1.54) is 12.4 Å². The third kappa shape index (κ3) is 4.60. The summed E-state index contributed by atoms with van der Waals surface area (Å²) in [6.07, 6.45) is 3.79. The van der Waals surface area contributed by atoms with Gasteiger partial charge in [0.1, 0.15) is 0 Å². The van der Waals surface area contributed by atoms with Crippen LogP contribution in [0.5, 0.6) is 0 Å². The highest BCUT2D eigenvalue weighted by Crippen LogP contribution is 2.11. The molecule has 0 aliphatic heterocycles. The summed E-state index contributed by atoms with van der Waals surface area (Å²) in [7, 11) is 0. The van der Waals surface area contributed by atoms with Gasteiger partial charge in [0.15, 0.2) is 0 Å². The molecule has 0 radical (unpaired) electrons. The fourth-order valence-electron chi connectivity index (χ4n) is 1.56. The van der Waals surface area contributed by atoms with Crippen molar-refractivity contribution in [1.82, 2.24) is 9.88 Å². The van der Waals surface area contributed by atoms with Crippen LogP contribution in [-0.2, 0) is 6.54 Å². The van der Waals surface area contributed by atoms with E-state index in [0.29, 0.717) is 13.1 Å². The first-order valence-corrected chi connectivity index (χ1v) is 6.66. The Morgan fingerprint density at radius 2 is 2.26 bits per heavy atom. The molecular formula is C12H16BrN3O3. The Balaban J connectivity index is 2.82. The third-order valence-corrected chi connectivity index (χ3v) is 2.99. The van der Waals surface area contributed by atoms with Crippen LogP contribution < -0.4 is 10.7 Å². The maximum atomic E-state index is 11.5. The van der Waals surface area contributed by atoms with E-state index in [4.69, 9.17) is 0 Å². The summed E-state index contributed by atoms with van der Waals surface area (Å²) in [5.74, 6) is 0. The molecule has 0 aliphatic carbocycles. The lowest BCUT2D eigenvalue weighted by Crippen LogP contribution is -2.20. The predicted molar refractivity (Wildman–Crippen MR) is 77.4 cm³/mol. The minimum atomic E-state index is -0.679. The van der Waals surface area contributed by atoms with E-state index >= 15 is 0 Å². The summed E-state index contributed by atoms with van der Waals surface area (Å²) in [6.45, 7) is 7.94. The van der Waals surface area contributed by atoms with E-state index in [1.807, 2.05) is 0 Å². The van der Waals surface area contributed by atoms with Gasteiger partial charge < -0.3 is 9.88 Å². The molecule has 104 valence electrons. The summed E-state index contributed by atoms with van der Waals surface area (Å²) in [5, 5.41) is 14.0. The Morgan fingerprint density at radius 3 is 2.84 bits per heavy atom. The number of halogens is 1. The van der Waals surface area contributed by atoms with Crippen LogP contribution in [0.25, 0.3) is 0 Å². The maximum Gasteiger partial charge on any atom is 0.333 e. The summed E-state index contributed by atoms with van der Waals surface area (Å²) >= 11 is 3.04. The Labute approximate surface area is 119 Å². The Hall–Kier alpha value is -1.47. The molecule has 19 heavy (non-hydrogen) atoms. The summed E-state index contributed by atoms with van der Waals surface area (Å²) in [5.41, 5.74) is -0.169. The number of aromatic nitrogens is 1. The van der Waals surface area contributed by atoms with Crippen molar-refractivity contribution in [2.45, 2.75) is 19.9 Å². The Kier molecular flexibility index (Phi) is 5.91. The fourth-order valence-corrected chi connectivity index (χ4v) is 2.02. The van der Waals surface area contributed by atoms with Gasteiger partial charge in [-0.25, -0.2) is 0 Å². The molecule has 0 atom stereocenters. The van der Waals surface area contributed by atoms with Crippen molar-refractivity contribution in [2.24, 2.45) is 0 Å². The highest BCUT2D eigenvalue weighted by Gasteiger charge is 2.15. The fraction of sp³-hybridized carbons (Fsp3) is 0.417. The molecule has 6 nitrogen and oxygen atoms in total. The van der Waals surface area contributed by atoms with Crippen LogP contribution in [0.3, 0.4) is 0 Å². The summed E-state index contributed by atoms with van der Waals surface area (Å²) < 4.78 is 1.76. The van der Waals surface area contributed by atoms with Crippen molar-refractivity contribution in [1.29, 1.82) is 0 Å². The normalized spacial score (nSPS) is 10.4. The van der Waals surface area contributed by atoms with Gasteiger partial charge in [0, 0.05) is 19.3 Å². The van der Waals surface area contributed by atoms with Crippen LogP contribution in [0.4, 0.5) is 5.69 Å². The van der Waals surface area contributed by atoms with Crippen molar-refractivity contribution in [2.75, 3.05) is 13.1 Å². The molecular weight excluding hydrogens is 314 g/mol. The lowest BCUT2D eigenvalue weighted by atomic mass is 10.3. The van der Waals surface area contributed by atoms with Gasteiger partial charge >= 0.3 is 5.69 Å². The van der Waals surface area contributed by atoms with E-state index in [0.717, 1.165) is 18.5 Å². The second kappa shape index (κ2) is 7.20. The Morgan fingerprint density at radius 1 is 1.58 bits per heavy atom. The maximum absolute atomic E-state index is 11.5. The smallest absolute Gasteiger partial charge is 0.333 e. The molecule has 0 bridgehead atoms. The molecule has 0 amide bonds. The van der Waals surface area contributed by atoms with Gasteiger partial charge in [-0.15, -0.1) is 0 Å². The van der Waals surface area contributed by atoms with Gasteiger partial charge in [0.05, 0.1) is 15.6 Å². The zero-order valence-electron chi connectivity index (χ0n) is 10.7. The number of nitrogens with one attached hydrogen (secondary N) is 1. The van der Waals surface area contributed by atoms with E-state index < -0.39 is 16.0 Å². The van der Waals surface area contributed by atoms with Gasteiger partial charge in [-0.1, -0.05) is 13.5 Å². The molecule has 1 aromatic rings. The average molecular weight is 330 g/mol. The van der Waals surface area contributed by atoms with Crippen LogP contribution in [0.2, 0.25) is 0 Å². The van der Waals surface area contributed by atoms with Crippen LogP contribution in [0, 0.1) is 10.1 Å². The van der Waals surface area contributed by atoms with Crippen LogP contribution >= 0.6 is 15.9 Å². The molecule has 1 N–H and O–H groups in total. The topological polar surface area (TPSA) is 77.2 Å². The third-order valence-electron chi connectivity index (χ3n) is 2.42. The second-order valence-electron chi connectivity index (χ2n) is 4.18. The number of nitro groups is 1. The summed E-state index contributed by atoms with van der Waals surface area (Å²) in [6, 6.07) is 0. The van der Waals surface area contributed by atoms with E-state index in [9.17, 15) is 14.9 Å². The quantitative estimate of drug-likeness (QED) is 0.359. The molecule has 0 aliphatic rings. The van der Waals surface area contributed by atoms with E-state index in [2.05, 4.69) is 34.7 Å². The molecule has 1 rings (SSSR count). The van der Waals surface area contributed by atoms with E-state index in [-0.39, 0.29) is 4.47 Å². The molecule has 1 aromatic heterocycles. The van der Waals surface area contributed by atoms with Gasteiger partial charge in [-0.2, -0.15) is 0 Å².